The molecular weight excluding hydrogens is 552 g/mol. The van der Waals surface area contributed by atoms with Crippen LogP contribution in [-0.2, 0) is 11.3 Å². The van der Waals surface area contributed by atoms with Gasteiger partial charge in [-0.05, 0) is 66.2 Å². The molecule has 4 aromatic rings. The zero-order chi connectivity index (χ0) is 24.4. The van der Waals surface area contributed by atoms with Gasteiger partial charge in [-0.1, -0.05) is 75.8 Å². The summed E-state index contributed by atoms with van der Waals surface area (Å²) in [5.74, 6) is 2.08. The number of carbonyl (C=O) groups is 1. The second kappa shape index (κ2) is 8.89. The lowest BCUT2D eigenvalue weighted by molar-refractivity contribution is -0.116. The van der Waals surface area contributed by atoms with Gasteiger partial charge in [-0.2, -0.15) is 0 Å². The summed E-state index contributed by atoms with van der Waals surface area (Å²) in [5, 5.41) is 6.69. The van der Waals surface area contributed by atoms with Crippen molar-refractivity contribution in [1.29, 1.82) is 0 Å². The Kier molecular flexibility index (Phi) is 5.64. The van der Waals surface area contributed by atoms with Crippen molar-refractivity contribution in [2.75, 3.05) is 5.32 Å². The first-order valence-electron chi connectivity index (χ1n) is 12.5. The summed E-state index contributed by atoms with van der Waals surface area (Å²) >= 11 is 6.80. The van der Waals surface area contributed by atoms with E-state index in [4.69, 9.17) is 0 Å². The molecule has 5 atom stereocenters. The van der Waals surface area contributed by atoms with E-state index < -0.39 is 0 Å². The summed E-state index contributed by atoms with van der Waals surface area (Å²) < 4.78 is 2.80. The molecule has 2 saturated carbocycles. The van der Waals surface area contributed by atoms with Crippen LogP contribution in [-0.4, -0.2) is 15.7 Å². The van der Waals surface area contributed by atoms with Crippen LogP contribution in [0, 0.1) is 17.8 Å². The number of aromatic nitrogens is 1. The lowest BCUT2D eigenvalue weighted by Crippen LogP contribution is -2.34. The molecule has 5 unspecified atom stereocenters. The summed E-state index contributed by atoms with van der Waals surface area (Å²) in [7, 11) is 0. The number of carbonyl (C=O) groups excluding carboxylic acids is 1. The third-order valence-corrected chi connectivity index (χ3v) is 11.6. The number of anilines is 1. The largest absolute Gasteiger partial charge is 0.324 e. The highest BCUT2D eigenvalue weighted by molar-refractivity contribution is 9.10. The first kappa shape index (κ1) is 22.8. The van der Waals surface area contributed by atoms with Crippen LogP contribution in [0.3, 0.4) is 0 Å². The maximum Gasteiger partial charge on any atom is 0.308 e. The summed E-state index contributed by atoms with van der Waals surface area (Å²) in [6, 6.07) is 22.6. The van der Waals surface area contributed by atoms with Crippen molar-refractivity contribution >= 4 is 61.4 Å². The van der Waals surface area contributed by atoms with Gasteiger partial charge in [0.25, 0.3) is 0 Å². The highest BCUT2D eigenvalue weighted by Crippen LogP contribution is 2.64. The zero-order valence-electron chi connectivity index (χ0n) is 19.5. The van der Waals surface area contributed by atoms with Crippen LogP contribution < -0.4 is 10.2 Å². The van der Waals surface area contributed by atoms with Crippen molar-refractivity contribution in [3.8, 4) is 0 Å². The minimum absolute atomic E-state index is 0.0324. The van der Waals surface area contributed by atoms with Gasteiger partial charge < -0.3 is 5.32 Å². The Morgan fingerprint density at radius 2 is 1.78 bits per heavy atom. The number of rotatable bonds is 4. The Bertz CT molecular complexity index is 1540. The van der Waals surface area contributed by atoms with E-state index >= 15 is 0 Å². The van der Waals surface area contributed by atoms with Gasteiger partial charge >= 0.3 is 4.87 Å². The predicted molar refractivity (Wildman–Crippen MR) is 151 cm³/mol. The van der Waals surface area contributed by atoms with Gasteiger partial charge in [0.2, 0.25) is 5.91 Å². The van der Waals surface area contributed by atoms with Crippen molar-refractivity contribution in [1.82, 2.24) is 4.57 Å². The summed E-state index contributed by atoms with van der Waals surface area (Å²) in [6.07, 6.45) is 3.89. The molecule has 2 fully saturated rings. The molecule has 36 heavy (non-hydrogen) atoms. The van der Waals surface area contributed by atoms with E-state index in [9.17, 15) is 9.59 Å². The topological polar surface area (TPSA) is 51.1 Å². The molecule has 4 nitrogen and oxygen atoms in total. The minimum Gasteiger partial charge on any atom is -0.324 e. The Hall–Kier alpha value is -2.35. The number of amides is 1. The van der Waals surface area contributed by atoms with Crippen molar-refractivity contribution in [3.05, 3.63) is 91.3 Å². The maximum absolute atomic E-state index is 13.3. The Morgan fingerprint density at radius 3 is 2.64 bits per heavy atom. The summed E-state index contributed by atoms with van der Waals surface area (Å²) in [4.78, 5) is 27.7. The molecule has 1 aromatic heterocycles. The fourth-order valence-electron chi connectivity index (χ4n) is 6.80. The predicted octanol–water partition coefficient (Wildman–Crippen LogP) is 7.12. The number of nitrogens with zero attached hydrogens (tertiary/aromatic N) is 1. The Morgan fingerprint density at radius 1 is 1.00 bits per heavy atom. The van der Waals surface area contributed by atoms with Gasteiger partial charge in [0.1, 0.15) is 6.54 Å². The monoisotopic (exact) mass is 576 g/mol. The Balaban J connectivity index is 1.25. The number of hydrogen-bond acceptors (Lipinski definition) is 4. The van der Waals surface area contributed by atoms with Crippen LogP contribution in [0.2, 0.25) is 0 Å². The lowest BCUT2D eigenvalue weighted by Gasteiger charge is -2.40. The molecule has 7 rings (SSSR count). The van der Waals surface area contributed by atoms with Crippen molar-refractivity contribution < 1.29 is 4.79 Å². The molecule has 2 bridgehead atoms. The minimum atomic E-state index is -0.162. The molecule has 7 heteroatoms. The van der Waals surface area contributed by atoms with Gasteiger partial charge in [-0.3, -0.25) is 14.2 Å². The quantitative estimate of drug-likeness (QED) is 0.281. The van der Waals surface area contributed by atoms with E-state index in [0.717, 1.165) is 36.8 Å². The Labute approximate surface area is 226 Å². The SMILES string of the molecule is O=C(Cn1c2c(sc1=O)C(c1ccc(Br)cc1)C1C3CCC(C3)C1S2)Nc1cccc2ccccc12. The van der Waals surface area contributed by atoms with Gasteiger partial charge in [0.15, 0.2) is 0 Å². The second-order valence-corrected chi connectivity index (χ2v) is 13.3. The maximum atomic E-state index is 13.3. The summed E-state index contributed by atoms with van der Waals surface area (Å²) in [6.45, 7) is 0.0411. The summed E-state index contributed by atoms with van der Waals surface area (Å²) in [5.41, 5.74) is 2.07. The smallest absolute Gasteiger partial charge is 0.308 e. The standard InChI is InChI=1S/C29H25BrN2O2S2/c30-20-12-10-17(11-13-20)24-25-18-8-9-19(14-18)26(25)35-28-27(24)36-29(34)32(28)15-23(33)31-22-7-3-5-16-4-1-2-6-21(16)22/h1-7,10-13,18-19,24-26H,8-9,14-15H2,(H,31,33). The molecule has 0 radical (unpaired) electrons. The number of nitrogens with one attached hydrogen (secondary N) is 1. The normalized spacial score (nSPS) is 26.1. The zero-order valence-corrected chi connectivity index (χ0v) is 22.7. The van der Waals surface area contributed by atoms with E-state index in [1.807, 2.05) is 54.2 Å². The molecule has 2 aliphatic carbocycles. The number of hydrogen-bond donors (Lipinski definition) is 1. The van der Waals surface area contributed by atoms with E-state index in [2.05, 4.69) is 45.5 Å². The van der Waals surface area contributed by atoms with Crippen molar-refractivity contribution in [2.45, 2.75) is 42.0 Å². The number of benzene rings is 3. The van der Waals surface area contributed by atoms with Crippen molar-refractivity contribution in [3.63, 3.8) is 0 Å². The average molecular weight is 578 g/mol. The molecular formula is C29H25BrN2O2S2. The van der Waals surface area contributed by atoms with Crippen molar-refractivity contribution in [2.24, 2.45) is 17.8 Å². The van der Waals surface area contributed by atoms with Crippen LogP contribution in [0.25, 0.3) is 10.8 Å². The molecule has 1 amide bonds. The van der Waals surface area contributed by atoms with E-state index in [-0.39, 0.29) is 23.2 Å². The molecule has 3 aliphatic rings. The number of thioether (sulfide) groups is 1. The van der Waals surface area contributed by atoms with Crippen LogP contribution >= 0.6 is 39.0 Å². The van der Waals surface area contributed by atoms with E-state index in [0.29, 0.717) is 17.1 Å². The molecule has 0 spiro atoms. The second-order valence-electron chi connectivity index (χ2n) is 10.2. The van der Waals surface area contributed by atoms with Gasteiger partial charge in [0.05, 0.1) is 5.03 Å². The van der Waals surface area contributed by atoms with Crippen LogP contribution in [0.5, 0.6) is 0 Å². The average Bonchev–Trinajstić information content (AvgIpc) is 3.58. The molecule has 1 N–H and O–H groups in total. The fourth-order valence-corrected chi connectivity index (χ4v) is 10.2. The molecule has 1 aliphatic heterocycles. The highest BCUT2D eigenvalue weighted by atomic mass is 79.9. The molecule has 182 valence electrons. The molecule has 2 heterocycles. The van der Waals surface area contributed by atoms with Gasteiger partial charge in [0, 0.05) is 31.6 Å². The van der Waals surface area contributed by atoms with E-state index in [1.165, 1.54) is 36.2 Å². The highest BCUT2D eigenvalue weighted by Gasteiger charge is 2.55. The molecule has 3 aromatic carbocycles. The van der Waals surface area contributed by atoms with E-state index in [1.54, 1.807) is 4.57 Å². The van der Waals surface area contributed by atoms with Crippen LogP contribution in [0.4, 0.5) is 5.69 Å². The van der Waals surface area contributed by atoms with Crippen LogP contribution in [0.1, 0.15) is 35.6 Å². The number of halogens is 1. The lowest BCUT2D eigenvalue weighted by atomic mass is 9.75. The number of fused-ring (bicyclic) bond motifs is 7. The van der Waals surface area contributed by atoms with Gasteiger partial charge in [-0.25, -0.2) is 0 Å². The number of thiazole rings is 1. The van der Waals surface area contributed by atoms with Gasteiger partial charge in [-0.15, -0.1) is 11.8 Å². The first-order chi connectivity index (χ1) is 17.6. The third-order valence-electron chi connectivity index (χ3n) is 8.29. The molecule has 0 saturated heterocycles. The third kappa shape index (κ3) is 3.70. The first-order valence-corrected chi connectivity index (χ1v) is 15.0. The fraction of sp³-hybridized carbons (Fsp3) is 0.310. The van der Waals surface area contributed by atoms with Crippen LogP contribution in [0.15, 0.2) is 81.0 Å².